The number of carbonyl (C=O) groups is 1. The molecule has 1 aromatic carbocycles. The Morgan fingerprint density at radius 1 is 1.24 bits per heavy atom. The smallest absolute Gasteiger partial charge is 0.383 e. The lowest BCUT2D eigenvalue weighted by Crippen LogP contribution is -2.44. The first-order valence-corrected chi connectivity index (χ1v) is 9.17. The lowest BCUT2D eigenvalue weighted by molar-refractivity contribution is -0.137. The molecule has 3 N–H and O–H groups in total. The minimum Gasteiger partial charge on any atom is -0.383 e. The molecule has 1 aliphatic rings. The van der Waals surface area contributed by atoms with Gasteiger partial charge in [-0.15, -0.1) is 0 Å². The number of nitrogens with zero attached hydrogens (tertiary/aromatic N) is 4. The van der Waals surface area contributed by atoms with Crippen molar-refractivity contribution in [3.63, 3.8) is 0 Å². The third-order valence-electron chi connectivity index (χ3n) is 5.07. The number of nitrogen functional groups attached to an aromatic ring is 1. The summed E-state index contributed by atoms with van der Waals surface area (Å²) in [5, 5.41) is 2.79. The molecule has 0 bridgehead atoms. The van der Waals surface area contributed by atoms with E-state index in [0.29, 0.717) is 17.4 Å². The van der Waals surface area contributed by atoms with E-state index in [0.717, 1.165) is 25.9 Å². The number of hydrogen-bond donors (Lipinski definition) is 2. The van der Waals surface area contributed by atoms with Crippen molar-refractivity contribution in [1.82, 2.24) is 19.8 Å². The summed E-state index contributed by atoms with van der Waals surface area (Å²) in [6.07, 6.45) is -2.10. The third-order valence-corrected chi connectivity index (χ3v) is 5.07. The Labute approximate surface area is 166 Å². The molecule has 29 heavy (non-hydrogen) atoms. The second-order valence-electron chi connectivity index (χ2n) is 7.14. The van der Waals surface area contributed by atoms with E-state index in [2.05, 4.69) is 27.2 Å². The van der Waals surface area contributed by atoms with Gasteiger partial charge in [-0.25, -0.2) is 4.98 Å². The lowest BCUT2D eigenvalue weighted by atomic mass is 10.0. The number of halogens is 3. The van der Waals surface area contributed by atoms with Gasteiger partial charge >= 0.3 is 6.18 Å². The van der Waals surface area contributed by atoms with Crippen LogP contribution in [0.5, 0.6) is 0 Å². The summed E-state index contributed by atoms with van der Waals surface area (Å²) < 4.78 is 38.2. The van der Waals surface area contributed by atoms with E-state index in [1.165, 1.54) is 0 Å². The Bertz CT molecular complexity index is 863. The highest BCUT2D eigenvalue weighted by Crippen LogP contribution is 2.32. The first-order valence-electron chi connectivity index (χ1n) is 9.17. The first kappa shape index (κ1) is 20.8. The molecule has 0 aliphatic carbocycles. The molecule has 156 valence electrons. The van der Waals surface area contributed by atoms with E-state index >= 15 is 0 Å². The molecule has 7 nitrogen and oxygen atoms in total. The SMILES string of the molecule is CN1CCC(N(C)C(=O)c2ccc(Nc3ncc(C(F)(F)F)c(N)n3)cc2)CC1. The fraction of sp³-hybridized carbons (Fsp3) is 0.421. The maximum Gasteiger partial charge on any atom is 0.421 e. The van der Waals surface area contributed by atoms with E-state index in [1.54, 1.807) is 29.2 Å². The van der Waals surface area contributed by atoms with Gasteiger partial charge in [-0.2, -0.15) is 18.2 Å². The summed E-state index contributed by atoms with van der Waals surface area (Å²) in [5.41, 5.74) is 5.35. The normalized spacial score (nSPS) is 15.9. The molecule has 10 heteroatoms. The summed E-state index contributed by atoms with van der Waals surface area (Å²) in [5.74, 6) is -0.777. The predicted molar refractivity (Wildman–Crippen MR) is 104 cm³/mol. The number of piperidine rings is 1. The van der Waals surface area contributed by atoms with Crippen LogP contribution in [0.3, 0.4) is 0 Å². The van der Waals surface area contributed by atoms with Crippen LogP contribution in [0.25, 0.3) is 0 Å². The summed E-state index contributed by atoms with van der Waals surface area (Å²) in [6, 6.07) is 6.81. The molecule has 1 saturated heterocycles. The molecule has 2 heterocycles. The quantitative estimate of drug-likeness (QED) is 0.809. The number of likely N-dealkylation sites (tertiary alicyclic amines) is 1. The zero-order chi connectivity index (χ0) is 21.2. The second-order valence-corrected chi connectivity index (χ2v) is 7.14. The molecule has 0 atom stereocenters. The van der Waals surface area contributed by atoms with Gasteiger partial charge in [0.2, 0.25) is 5.95 Å². The molecular formula is C19H23F3N6O. The van der Waals surface area contributed by atoms with Crippen LogP contribution < -0.4 is 11.1 Å². The molecule has 1 aromatic heterocycles. The van der Waals surface area contributed by atoms with Crippen molar-refractivity contribution in [2.24, 2.45) is 0 Å². The van der Waals surface area contributed by atoms with Crippen molar-refractivity contribution in [2.75, 3.05) is 38.2 Å². The van der Waals surface area contributed by atoms with Crippen LogP contribution in [-0.2, 0) is 6.18 Å². The standard InChI is InChI=1S/C19H23F3N6O/c1-27-9-7-14(8-10-27)28(2)17(29)12-3-5-13(6-4-12)25-18-24-11-15(16(23)26-18)19(20,21)22/h3-6,11,14H,7-10H2,1-2H3,(H3,23,24,25,26). The van der Waals surface area contributed by atoms with Gasteiger partial charge in [0, 0.05) is 30.5 Å². The maximum absolute atomic E-state index is 12.7. The molecule has 2 aromatic rings. The zero-order valence-corrected chi connectivity index (χ0v) is 16.2. The summed E-state index contributed by atoms with van der Waals surface area (Å²) in [7, 11) is 3.88. The Balaban J connectivity index is 1.65. The van der Waals surface area contributed by atoms with Crippen molar-refractivity contribution in [3.05, 3.63) is 41.6 Å². The van der Waals surface area contributed by atoms with E-state index in [-0.39, 0.29) is 17.9 Å². The predicted octanol–water partition coefficient (Wildman–Crippen LogP) is 2.99. The van der Waals surface area contributed by atoms with E-state index in [9.17, 15) is 18.0 Å². The number of nitrogens with one attached hydrogen (secondary N) is 1. The molecule has 0 radical (unpaired) electrons. The van der Waals surface area contributed by atoms with Crippen LogP contribution in [0.2, 0.25) is 0 Å². The number of anilines is 3. The molecular weight excluding hydrogens is 385 g/mol. The van der Waals surface area contributed by atoms with Crippen molar-refractivity contribution in [1.29, 1.82) is 0 Å². The van der Waals surface area contributed by atoms with Crippen LogP contribution in [0, 0.1) is 0 Å². The number of alkyl halides is 3. The van der Waals surface area contributed by atoms with Gasteiger partial charge in [-0.1, -0.05) is 0 Å². The minimum atomic E-state index is -4.61. The monoisotopic (exact) mass is 408 g/mol. The molecule has 0 saturated carbocycles. The van der Waals surface area contributed by atoms with E-state index in [1.807, 2.05) is 7.05 Å². The van der Waals surface area contributed by atoms with Crippen molar-refractivity contribution >= 4 is 23.4 Å². The summed E-state index contributed by atoms with van der Waals surface area (Å²) in [6.45, 7) is 1.92. The average molecular weight is 408 g/mol. The summed E-state index contributed by atoms with van der Waals surface area (Å²) >= 11 is 0. The third kappa shape index (κ3) is 4.94. The highest BCUT2D eigenvalue weighted by atomic mass is 19.4. The number of hydrogen-bond acceptors (Lipinski definition) is 6. The van der Waals surface area contributed by atoms with Crippen LogP contribution in [-0.4, -0.2) is 58.9 Å². The largest absolute Gasteiger partial charge is 0.421 e. The molecule has 0 unspecified atom stereocenters. The van der Waals surface area contributed by atoms with E-state index < -0.39 is 17.6 Å². The number of rotatable bonds is 4. The van der Waals surface area contributed by atoms with Crippen molar-refractivity contribution in [2.45, 2.75) is 25.1 Å². The number of benzene rings is 1. The fourth-order valence-electron chi connectivity index (χ4n) is 3.25. The Hall–Kier alpha value is -2.88. The van der Waals surface area contributed by atoms with Gasteiger partial charge < -0.3 is 20.9 Å². The number of aromatic nitrogens is 2. The Morgan fingerprint density at radius 3 is 2.41 bits per heavy atom. The van der Waals surface area contributed by atoms with Crippen LogP contribution in [0.1, 0.15) is 28.8 Å². The van der Waals surface area contributed by atoms with Gasteiger partial charge in [0.05, 0.1) is 0 Å². The average Bonchev–Trinajstić information content (AvgIpc) is 2.67. The highest BCUT2D eigenvalue weighted by Gasteiger charge is 2.34. The van der Waals surface area contributed by atoms with Gasteiger partial charge in [0.15, 0.2) is 0 Å². The van der Waals surface area contributed by atoms with E-state index in [4.69, 9.17) is 5.73 Å². The molecule has 1 fully saturated rings. The zero-order valence-electron chi connectivity index (χ0n) is 16.2. The number of nitrogens with two attached hydrogens (primary N) is 1. The van der Waals surface area contributed by atoms with Crippen LogP contribution >= 0.6 is 0 Å². The number of amides is 1. The van der Waals surface area contributed by atoms with Crippen molar-refractivity contribution < 1.29 is 18.0 Å². The summed E-state index contributed by atoms with van der Waals surface area (Å²) in [4.78, 5) is 24.0. The Kier molecular flexibility index (Phi) is 5.92. The Morgan fingerprint density at radius 2 is 1.86 bits per heavy atom. The molecule has 3 rings (SSSR count). The molecule has 0 spiro atoms. The fourth-order valence-corrected chi connectivity index (χ4v) is 3.25. The van der Waals surface area contributed by atoms with Crippen LogP contribution in [0.4, 0.5) is 30.6 Å². The van der Waals surface area contributed by atoms with Gasteiger partial charge in [-0.3, -0.25) is 4.79 Å². The maximum atomic E-state index is 12.7. The lowest BCUT2D eigenvalue weighted by Gasteiger charge is -2.35. The topological polar surface area (TPSA) is 87.4 Å². The van der Waals surface area contributed by atoms with Gasteiger partial charge in [0.25, 0.3) is 5.91 Å². The van der Waals surface area contributed by atoms with Crippen LogP contribution in [0.15, 0.2) is 30.5 Å². The first-order chi connectivity index (χ1) is 13.6. The minimum absolute atomic E-state index is 0.0574. The van der Waals surface area contributed by atoms with Gasteiger partial charge in [-0.05, 0) is 57.2 Å². The number of carbonyl (C=O) groups excluding carboxylic acids is 1. The van der Waals surface area contributed by atoms with Gasteiger partial charge in [0.1, 0.15) is 11.4 Å². The molecule has 1 amide bonds. The second kappa shape index (κ2) is 8.24. The highest BCUT2D eigenvalue weighted by molar-refractivity contribution is 5.94. The molecule has 1 aliphatic heterocycles. The van der Waals surface area contributed by atoms with Crippen molar-refractivity contribution in [3.8, 4) is 0 Å².